The van der Waals surface area contributed by atoms with Gasteiger partial charge in [-0.2, -0.15) is 0 Å². The third-order valence-electron chi connectivity index (χ3n) is 8.09. The smallest absolute Gasteiger partial charge is 0.338 e. The lowest BCUT2D eigenvalue weighted by Gasteiger charge is -2.40. The summed E-state index contributed by atoms with van der Waals surface area (Å²) in [4.78, 5) is 53.2. The van der Waals surface area contributed by atoms with E-state index in [2.05, 4.69) is 0 Å². The summed E-state index contributed by atoms with van der Waals surface area (Å²) in [5.74, 6) is -15.2. The first-order chi connectivity index (χ1) is 25.9. The van der Waals surface area contributed by atoms with Gasteiger partial charge in [-0.15, -0.1) is 0 Å². The summed E-state index contributed by atoms with van der Waals surface area (Å²) in [5.41, 5.74) is -1.94. The van der Waals surface area contributed by atoms with Crippen molar-refractivity contribution in [3.05, 3.63) is 76.3 Å². The van der Waals surface area contributed by atoms with Crippen molar-refractivity contribution in [3.8, 4) is 63.2 Å². The molecule has 11 N–H and O–H groups in total. The van der Waals surface area contributed by atoms with Crippen molar-refractivity contribution in [2.24, 2.45) is 0 Å². The van der Waals surface area contributed by atoms with Gasteiger partial charge in [0, 0.05) is 0 Å². The molecule has 0 amide bonds. The fourth-order valence-electron chi connectivity index (χ4n) is 5.24. The first-order valence-electron chi connectivity index (χ1n) is 15.5. The van der Waals surface area contributed by atoms with E-state index in [1.165, 1.54) is 13.0 Å². The number of hydrogen-bond acceptors (Lipinski definition) is 20. The predicted molar refractivity (Wildman–Crippen MR) is 176 cm³/mol. The highest BCUT2D eigenvalue weighted by atomic mass is 16.7. The minimum Gasteiger partial charge on any atom is -0.504 e. The Morgan fingerprint density at radius 3 is 1.25 bits per heavy atom. The van der Waals surface area contributed by atoms with Crippen molar-refractivity contribution >= 4 is 23.9 Å². The molecule has 0 spiro atoms. The molecule has 1 saturated heterocycles. The monoisotopic (exact) mass is 770 g/mol. The van der Waals surface area contributed by atoms with Gasteiger partial charge in [-0.05, 0) is 61.0 Å². The number of phenols is 11. The number of esters is 4. The Hall–Kier alpha value is -7.48. The largest absolute Gasteiger partial charge is 0.504 e. The van der Waals surface area contributed by atoms with E-state index in [0.717, 1.165) is 6.07 Å². The minimum absolute atomic E-state index is 0.0891. The van der Waals surface area contributed by atoms with Crippen LogP contribution in [0.4, 0.5) is 0 Å². The van der Waals surface area contributed by atoms with Gasteiger partial charge >= 0.3 is 23.9 Å². The van der Waals surface area contributed by atoms with Crippen molar-refractivity contribution in [2.75, 3.05) is 13.2 Å². The van der Waals surface area contributed by atoms with E-state index < -0.39 is 141 Å². The molecule has 0 bridgehead atoms. The maximum absolute atomic E-state index is 13.5. The van der Waals surface area contributed by atoms with Crippen LogP contribution < -0.4 is 0 Å². The van der Waals surface area contributed by atoms with Crippen LogP contribution in [-0.2, 0) is 23.7 Å². The predicted octanol–water partition coefficient (Wildman–Crippen LogP) is 1.99. The van der Waals surface area contributed by atoms with Crippen molar-refractivity contribution in [1.82, 2.24) is 0 Å². The summed E-state index contributed by atoms with van der Waals surface area (Å²) in [6, 6.07) is 6.18. The first kappa shape index (κ1) is 38.7. The quantitative estimate of drug-likeness (QED) is 0.0658. The Balaban J connectivity index is 1.54. The summed E-state index contributed by atoms with van der Waals surface area (Å²) in [7, 11) is 0. The van der Waals surface area contributed by atoms with Gasteiger partial charge < -0.3 is 79.9 Å². The third-order valence-corrected chi connectivity index (χ3v) is 8.09. The summed E-state index contributed by atoms with van der Waals surface area (Å²) >= 11 is 0. The van der Waals surface area contributed by atoms with Gasteiger partial charge in [-0.1, -0.05) is 0 Å². The molecule has 4 atom stereocenters. The maximum Gasteiger partial charge on any atom is 0.338 e. The number of ether oxygens (including phenoxy) is 5. The van der Waals surface area contributed by atoms with Gasteiger partial charge in [0.15, 0.2) is 81.6 Å². The average Bonchev–Trinajstić information content (AvgIpc) is 3.13. The molecule has 1 heterocycles. The Labute approximate surface area is 307 Å². The molecule has 290 valence electrons. The van der Waals surface area contributed by atoms with Crippen LogP contribution in [-0.4, -0.2) is 118 Å². The highest BCUT2D eigenvalue weighted by Crippen LogP contribution is 2.39. The van der Waals surface area contributed by atoms with Crippen molar-refractivity contribution in [1.29, 1.82) is 0 Å². The number of carbonyl (C=O) groups is 4. The number of phenolic OH excluding ortho intramolecular Hbond substituents is 11. The summed E-state index contributed by atoms with van der Waals surface area (Å²) in [6.45, 7) is -0.194. The van der Waals surface area contributed by atoms with Crippen LogP contribution in [0.15, 0.2) is 48.5 Å². The number of carbonyl (C=O) groups excluding carboxylic acids is 4. The van der Waals surface area contributed by atoms with E-state index in [0.29, 0.717) is 36.4 Å². The molecule has 1 aliphatic heterocycles. The van der Waals surface area contributed by atoms with E-state index in [1.54, 1.807) is 0 Å². The molecule has 4 unspecified atom stereocenters. The molecule has 5 rings (SSSR count). The second-order valence-electron chi connectivity index (χ2n) is 11.9. The van der Waals surface area contributed by atoms with E-state index in [4.69, 9.17) is 23.7 Å². The van der Waals surface area contributed by atoms with Crippen LogP contribution in [0.25, 0.3) is 0 Å². The zero-order valence-corrected chi connectivity index (χ0v) is 27.9. The Bertz CT molecular complexity index is 2100. The highest BCUT2D eigenvalue weighted by molar-refractivity contribution is 5.93. The minimum atomic E-state index is -1.99. The number of aryl methyl sites for hydroxylation is 1. The number of rotatable bonds is 9. The SMILES string of the molecule is Cc1cc(C(=O)OCC2OCC(OC(=O)c3cc(O)c(O)c(O)c3)C(OC(=O)c3cc(O)c(O)c(O)c3)C2OC(=O)c2cc(O)c(O)c(O)c2)cc(O)c1O. The number of aromatic hydroxyl groups is 11. The molecule has 0 saturated carbocycles. The first-order valence-corrected chi connectivity index (χ1v) is 15.5. The molecule has 20 nitrogen and oxygen atoms in total. The van der Waals surface area contributed by atoms with Crippen molar-refractivity contribution in [2.45, 2.75) is 31.3 Å². The Kier molecular flexibility index (Phi) is 10.7. The molecule has 0 aliphatic carbocycles. The van der Waals surface area contributed by atoms with Gasteiger partial charge in [0.05, 0.1) is 28.9 Å². The zero-order chi connectivity index (χ0) is 40.5. The van der Waals surface area contributed by atoms with Crippen molar-refractivity contribution in [3.63, 3.8) is 0 Å². The van der Waals surface area contributed by atoms with Crippen molar-refractivity contribution < 1.29 is 99.0 Å². The third kappa shape index (κ3) is 8.13. The summed E-state index contributed by atoms with van der Waals surface area (Å²) < 4.78 is 27.6. The standard InChI is InChI=1S/C35H30O20/c1-12-2-13(3-17(36)26(12)43)32(47)52-10-24-30(54-34(49)15-6-20(39)28(45)21(40)7-15)31(55-35(50)16-8-22(41)29(46)23(42)9-16)25(11-51-24)53-33(48)14-4-18(37)27(44)19(38)5-14/h2-9,24-25,30-31,36-46H,10-11H2,1H3. The number of benzene rings is 4. The molecule has 0 aromatic heterocycles. The molecule has 1 fully saturated rings. The van der Waals surface area contributed by atoms with E-state index >= 15 is 0 Å². The van der Waals surface area contributed by atoms with Gasteiger partial charge in [-0.3, -0.25) is 0 Å². The van der Waals surface area contributed by atoms with Crippen LogP contribution in [0.3, 0.4) is 0 Å². The molecule has 4 aromatic rings. The van der Waals surface area contributed by atoms with Crippen LogP contribution >= 0.6 is 0 Å². The second-order valence-corrected chi connectivity index (χ2v) is 11.9. The second kappa shape index (κ2) is 15.2. The molecule has 20 heteroatoms. The lowest BCUT2D eigenvalue weighted by Crippen LogP contribution is -2.59. The molecule has 55 heavy (non-hydrogen) atoms. The lowest BCUT2D eigenvalue weighted by molar-refractivity contribution is -0.197. The molecular weight excluding hydrogens is 740 g/mol. The van der Waals surface area contributed by atoms with E-state index in [1.807, 2.05) is 0 Å². The number of hydrogen-bond donors (Lipinski definition) is 11. The fourth-order valence-corrected chi connectivity index (χ4v) is 5.24. The highest BCUT2D eigenvalue weighted by Gasteiger charge is 2.48. The topological polar surface area (TPSA) is 337 Å². The fraction of sp³-hybridized carbons (Fsp3) is 0.200. The molecular formula is C35H30O20. The molecule has 0 radical (unpaired) electrons. The summed E-state index contributed by atoms with van der Waals surface area (Å²) in [5, 5.41) is 109. The van der Waals surface area contributed by atoms with Gasteiger partial charge in [0.2, 0.25) is 0 Å². The van der Waals surface area contributed by atoms with Gasteiger partial charge in [0.1, 0.15) is 12.7 Å². The van der Waals surface area contributed by atoms with Gasteiger partial charge in [0.25, 0.3) is 0 Å². The van der Waals surface area contributed by atoms with Crippen LogP contribution in [0, 0.1) is 6.92 Å². The molecule has 4 aromatic carbocycles. The van der Waals surface area contributed by atoms with Crippen LogP contribution in [0.2, 0.25) is 0 Å². The van der Waals surface area contributed by atoms with E-state index in [-0.39, 0.29) is 11.1 Å². The van der Waals surface area contributed by atoms with Crippen LogP contribution in [0.1, 0.15) is 47.0 Å². The maximum atomic E-state index is 13.5. The Morgan fingerprint density at radius 1 is 0.509 bits per heavy atom. The van der Waals surface area contributed by atoms with E-state index in [9.17, 15) is 75.3 Å². The molecule has 1 aliphatic rings. The lowest BCUT2D eigenvalue weighted by atomic mass is 9.99. The Morgan fingerprint density at radius 2 is 0.855 bits per heavy atom. The normalized spacial score (nSPS) is 17.8. The zero-order valence-electron chi connectivity index (χ0n) is 27.9. The van der Waals surface area contributed by atoms with Crippen LogP contribution in [0.5, 0.6) is 63.2 Å². The summed E-state index contributed by atoms with van der Waals surface area (Å²) in [6.07, 6.45) is -7.40. The average molecular weight is 771 g/mol. The van der Waals surface area contributed by atoms with Gasteiger partial charge in [-0.25, -0.2) is 19.2 Å².